The highest BCUT2D eigenvalue weighted by Gasteiger charge is 2.62. The number of likely N-dealkylation sites (tertiary alicyclic amines) is 1. The molecule has 7 rings (SSSR count). The van der Waals surface area contributed by atoms with Crippen LogP contribution in [0.2, 0.25) is 0 Å². The maximum Gasteiger partial charge on any atom is 0.408 e. The summed E-state index contributed by atoms with van der Waals surface area (Å²) in [5.41, 5.74) is -0.577. The molecule has 16 heteroatoms. The molecule has 3 aromatic rings. The van der Waals surface area contributed by atoms with Crippen molar-refractivity contribution in [2.75, 3.05) is 6.54 Å². The Balaban J connectivity index is 1.18. The number of amides is 4. The van der Waals surface area contributed by atoms with Gasteiger partial charge in [0.25, 0.3) is 5.91 Å². The Morgan fingerprint density at radius 2 is 1.71 bits per heavy atom. The van der Waals surface area contributed by atoms with Crippen LogP contribution in [0.3, 0.4) is 0 Å². The molecule has 5 atom stereocenters. The molecular weight excluding hydrogens is 745 g/mol. The van der Waals surface area contributed by atoms with Crippen LogP contribution < -0.4 is 20.1 Å². The number of hydrogen-bond donors (Lipinski definition) is 3. The minimum atomic E-state index is -3.91. The van der Waals surface area contributed by atoms with Gasteiger partial charge in [0, 0.05) is 12.3 Å². The minimum Gasteiger partial charge on any atom is -0.471 e. The highest BCUT2D eigenvalue weighted by atomic mass is 32.2. The second kappa shape index (κ2) is 15.2. The molecule has 4 aliphatic rings. The first-order valence-corrected chi connectivity index (χ1v) is 21.4. The number of nitrogens with zero attached hydrogens (tertiary/aromatic N) is 3. The summed E-state index contributed by atoms with van der Waals surface area (Å²) in [6.07, 6.45) is 5.38. The molecule has 0 spiro atoms. The molecule has 294 valence electrons. The van der Waals surface area contributed by atoms with Gasteiger partial charge in [-0.05, 0) is 73.9 Å². The Morgan fingerprint density at radius 1 is 1.00 bits per heavy atom. The van der Waals surface area contributed by atoms with Crippen LogP contribution in [0.1, 0.15) is 78.6 Å². The number of carbonyl (C=O) groups excluding carboxylic acids is 4. The number of rotatable bonds is 12. The lowest BCUT2D eigenvalue weighted by Gasteiger charge is -2.35. The first-order valence-electron chi connectivity index (χ1n) is 18.9. The van der Waals surface area contributed by atoms with Crippen molar-refractivity contribution >= 4 is 56.2 Å². The number of nitrogens with one attached hydrogen (secondary N) is 3. The van der Waals surface area contributed by atoms with Crippen molar-refractivity contribution in [2.45, 2.75) is 114 Å². The largest absolute Gasteiger partial charge is 0.471 e. The number of alkyl carbamates (subject to hydrolysis) is 1. The van der Waals surface area contributed by atoms with E-state index in [1.807, 2.05) is 62.5 Å². The first-order chi connectivity index (χ1) is 26.2. The molecule has 3 saturated carbocycles. The van der Waals surface area contributed by atoms with Gasteiger partial charge in [-0.25, -0.2) is 23.2 Å². The standard InChI is InChI=1S/C39H48N6O8S2/c1-5-23-21-39(23,36(48)44-55(50,51)26-17-18-26)43-33(46)29-20-25(52-34-31(30-16-11-19-54-30)40-27-14-9-10-15-28(27)41-34)22-45(29)35(47)32(38(2,3)4)42-37(49)53-24-12-7-6-8-13-24/h5,9-11,14-16,19,23-26,29,32H,1,6-8,12-13,17-18,20-22H2,2-4H3,(H,42,49)(H,43,46)(H,44,48)/t23-,25-,29+,32-,39?/m1/s1. The van der Waals surface area contributed by atoms with Crippen molar-refractivity contribution in [2.24, 2.45) is 11.3 Å². The van der Waals surface area contributed by atoms with Crippen LogP contribution in [0.4, 0.5) is 4.79 Å². The van der Waals surface area contributed by atoms with Crippen LogP contribution in [-0.2, 0) is 29.1 Å². The summed E-state index contributed by atoms with van der Waals surface area (Å²) < 4.78 is 40.0. The fourth-order valence-electron chi connectivity index (χ4n) is 7.49. The maximum atomic E-state index is 14.7. The third-order valence-corrected chi connectivity index (χ3v) is 13.6. The molecule has 14 nitrogen and oxygen atoms in total. The second-order valence-electron chi connectivity index (χ2n) is 16.1. The van der Waals surface area contributed by atoms with E-state index in [1.54, 1.807) is 0 Å². The summed E-state index contributed by atoms with van der Waals surface area (Å²) in [4.78, 5) is 67.7. The molecule has 1 unspecified atom stereocenters. The van der Waals surface area contributed by atoms with Gasteiger partial charge in [0.1, 0.15) is 35.5 Å². The first kappa shape index (κ1) is 38.7. The third-order valence-electron chi connectivity index (χ3n) is 10.9. The maximum absolute atomic E-state index is 14.7. The highest BCUT2D eigenvalue weighted by molar-refractivity contribution is 7.91. The third kappa shape index (κ3) is 8.35. The smallest absolute Gasteiger partial charge is 0.408 e. The fraction of sp³-hybridized carbons (Fsp3) is 0.538. The Bertz CT molecular complexity index is 2080. The van der Waals surface area contributed by atoms with E-state index in [9.17, 15) is 27.6 Å². The van der Waals surface area contributed by atoms with Gasteiger partial charge < -0.3 is 25.0 Å². The minimum absolute atomic E-state index is 0.0101. The van der Waals surface area contributed by atoms with E-state index in [4.69, 9.17) is 19.4 Å². The van der Waals surface area contributed by atoms with E-state index in [0.717, 1.165) is 37.0 Å². The molecule has 1 aliphatic heterocycles. The topological polar surface area (TPSA) is 186 Å². The predicted molar refractivity (Wildman–Crippen MR) is 206 cm³/mol. The lowest BCUT2D eigenvalue weighted by molar-refractivity contribution is -0.143. The molecule has 1 saturated heterocycles. The van der Waals surface area contributed by atoms with Crippen LogP contribution in [0.15, 0.2) is 54.4 Å². The number of sulfonamides is 1. The van der Waals surface area contributed by atoms with Crippen LogP contribution in [-0.4, -0.2) is 88.7 Å². The second-order valence-corrected chi connectivity index (χ2v) is 19.0. The van der Waals surface area contributed by atoms with Gasteiger partial charge in [0.05, 0.1) is 27.7 Å². The quantitative estimate of drug-likeness (QED) is 0.214. The molecule has 4 fully saturated rings. The van der Waals surface area contributed by atoms with Gasteiger partial charge in [-0.15, -0.1) is 17.9 Å². The van der Waals surface area contributed by atoms with Gasteiger partial charge in [0.15, 0.2) is 0 Å². The molecule has 2 aromatic heterocycles. The van der Waals surface area contributed by atoms with Crippen molar-refractivity contribution in [3.8, 4) is 16.5 Å². The van der Waals surface area contributed by atoms with Gasteiger partial charge >= 0.3 is 6.09 Å². The molecule has 3 aliphatic carbocycles. The number of benzene rings is 1. The van der Waals surface area contributed by atoms with E-state index in [0.29, 0.717) is 29.6 Å². The zero-order valence-corrected chi connectivity index (χ0v) is 32.9. The van der Waals surface area contributed by atoms with Crippen molar-refractivity contribution in [1.82, 2.24) is 30.2 Å². The van der Waals surface area contributed by atoms with Crippen LogP contribution in [0, 0.1) is 11.3 Å². The molecule has 0 radical (unpaired) electrons. The van der Waals surface area contributed by atoms with E-state index < -0.39 is 74.1 Å². The summed E-state index contributed by atoms with van der Waals surface area (Å²) in [5, 5.41) is 6.89. The lowest BCUT2D eigenvalue weighted by atomic mass is 9.85. The predicted octanol–water partition coefficient (Wildman–Crippen LogP) is 4.85. The fourth-order valence-corrected chi connectivity index (χ4v) is 9.56. The van der Waals surface area contributed by atoms with Crippen LogP contribution >= 0.6 is 11.3 Å². The summed E-state index contributed by atoms with van der Waals surface area (Å²) in [6, 6.07) is 8.94. The molecule has 0 bridgehead atoms. The number of fused-ring (bicyclic) bond motifs is 1. The highest BCUT2D eigenvalue weighted by Crippen LogP contribution is 2.46. The van der Waals surface area contributed by atoms with E-state index in [1.165, 1.54) is 22.3 Å². The molecule has 3 N–H and O–H groups in total. The number of ether oxygens (including phenoxy) is 2. The number of hydrogen-bond acceptors (Lipinski definition) is 11. The SMILES string of the molecule is C=C[C@@H]1CC1(NC(=O)[C@@H]1C[C@@H](Oc2nc3ccccc3nc2-c2cccs2)CN1C(=O)[C@@H](NC(=O)OC1CCCCC1)C(C)(C)C)C(=O)NS(=O)(=O)C1CC1. The van der Waals surface area contributed by atoms with Gasteiger partial charge in [0.2, 0.25) is 27.7 Å². The number of para-hydroxylation sites is 2. The van der Waals surface area contributed by atoms with Crippen LogP contribution in [0.5, 0.6) is 5.88 Å². The van der Waals surface area contributed by atoms with Crippen molar-refractivity contribution in [1.29, 1.82) is 0 Å². The van der Waals surface area contributed by atoms with Crippen molar-refractivity contribution in [3.63, 3.8) is 0 Å². The average Bonchev–Trinajstić information content (AvgIpc) is 4.02. The zero-order chi connectivity index (χ0) is 39.1. The lowest BCUT2D eigenvalue weighted by Crippen LogP contribution is -2.60. The Morgan fingerprint density at radius 3 is 2.33 bits per heavy atom. The molecular formula is C39H48N6O8S2. The normalized spacial score (nSPS) is 24.8. The Kier molecular flexibility index (Phi) is 10.7. The van der Waals surface area contributed by atoms with Crippen LogP contribution in [0.25, 0.3) is 21.6 Å². The molecule has 55 heavy (non-hydrogen) atoms. The van der Waals surface area contributed by atoms with Crippen molar-refractivity contribution < 1.29 is 37.1 Å². The molecule has 4 amide bonds. The summed E-state index contributed by atoms with van der Waals surface area (Å²) in [6.45, 7) is 9.17. The van der Waals surface area contributed by atoms with E-state index in [-0.39, 0.29) is 31.4 Å². The van der Waals surface area contributed by atoms with Gasteiger partial charge in [-0.1, -0.05) is 51.5 Å². The Labute approximate surface area is 324 Å². The Hall–Kier alpha value is -4.57. The summed E-state index contributed by atoms with van der Waals surface area (Å²) in [7, 11) is -3.91. The van der Waals surface area contributed by atoms with E-state index in [2.05, 4.69) is 21.9 Å². The summed E-state index contributed by atoms with van der Waals surface area (Å²) in [5.74, 6) is -2.33. The monoisotopic (exact) mass is 792 g/mol. The van der Waals surface area contributed by atoms with E-state index >= 15 is 0 Å². The molecule has 3 heterocycles. The number of aromatic nitrogens is 2. The average molecular weight is 793 g/mol. The van der Waals surface area contributed by atoms with Gasteiger partial charge in [-0.3, -0.25) is 19.1 Å². The summed E-state index contributed by atoms with van der Waals surface area (Å²) >= 11 is 1.47. The molecule has 1 aromatic carbocycles. The van der Waals surface area contributed by atoms with Gasteiger partial charge in [-0.2, -0.15) is 0 Å². The number of carbonyl (C=O) groups is 4. The number of thiophene rings is 1. The zero-order valence-electron chi connectivity index (χ0n) is 31.3. The van der Waals surface area contributed by atoms with Crippen molar-refractivity contribution in [3.05, 3.63) is 54.4 Å².